The molecule has 0 saturated carbocycles. The molecule has 0 aliphatic carbocycles. The number of nitrogens with one attached hydrogen (secondary N) is 1. The normalized spacial score (nSPS) is 11.7. The van der Waals surface area contributed by atoms with E-state index in [1.165, 1.54) is 6.07 Å². The van der Waals surface area contributed by atoms with E-state index in [1.807, 2.05) is 36.7 Å². The van der Waals surface area contributed by atoms with Crippen LogP contribution in [0, 0.1) is 27.7 Å². The molecule has 4 rings (SSSR count). The fourth-order valence-electron chi connectivity index (χ4n) is 4.05. The molecule has 0 unspecified atom stereocenters. The minimum atomic E-state index is -4.41. The van der Waals surface area contributed by atoms with E-state index < -0.39 is 11.7 Å². The molecule has 2 aromatic carbocycles. The summed E-state index contributed by atoms with van der Waals surface area (Å²) in [5.74, 6) is -0.295. The highest BCUT2D eigenvalue weighted by Crippen LogP contribution is 2.30. The lowest BCUT2D eigenvalue weighted by Crippen LogP contribution is -2.14. The SMILES string of the molecule is Cc1nn(Cc2cccc(C(=O)Nc3c(C)nn(Cc4cccc(C(F)(F)F)c4)c3C)c2)c(C)c1Br. The molecule has 1 amide bonds. The first-order valence-electron chi connectivity index (χ1n) is 11.2. The summed E-state index contributed by atoms with van der Waals surface area (Å²) in [7, 11) is 0. The third kappa shape index (κ3) is 5.38. The fourth-order valence-corrected chi connectivity index (χ4v) is 4.33. The third-order valence-electron chi connectivity index (χ3n) is 6.02. The smallest absolute Gasteiger partial charge is 0.319 e. The molecule has 2 heterocycles. The Bertz CT molecular complexity index is 1440. The van der Waals surface area contributed by atoms with E-state index in [1.54, 1.807) is 30.7 Å². The molecule has 10 heteroatoms. The van der Waals surface area contributed by atoms with Gasteiger partial charge < -0.3 is 5.32 Å². The van der Waals surface area contributed by atoms with Gasteiger partial charge in [-0.3, -0.25) is 14.2 Å². The molecule has 4 aromatic rings. The summed E-state index contributed by atoms with van der Waals surface area (Å²) in [6.07, 6.45) is -4.41. The molecule has 0 saturated heterocycles. The molecule has 0 fully saturated rings. The van der Waals surface area contributed by atoms with Crippen molar-refractivity contribution in [3.8, 4) is 0 Å². The van der Waals surface area contributed by atoms with Gasteiger partial charge in [0.25, 0.3) is 5.91 Å². The van der Waals surface area contributed by atoms with E-state index >= 15 is 0 Å². The fraction of sp³-hybridized carbons (Fsp3) is 0.269. The number of hydrogen-bond donors (Lipinski definition) is 1. The number of amides is 1. The molecule has 0 bridgehead atoms. The minimum Gasteiger partial charge on any atom is -0.319 e. The van der Waals surface area contributed by atoms with E-state index in [2.05, 4.69) is 31.4 Å². The van der Waals surface area contributed by atoms with E-state index in [0.29, 0.717) is 34.7 Å². The zero-order valence-electron chi connectivity index (χ0n) is 20.2. The van der Waals surface area contributed by atoms with Crippen LogP contribution in [0.15, 0.2) is 53.0 Å². The van der Waals surface area contributed by atoms with Gasteiger partial charge in [-0.05, 0) is 79.0 Å². The highest BCUT2D eigenvalue weighted by Gasteiger charge is 2.30. The Morgan fingerprint density at radius 3 is 2.08 bits per heavy atom. The highest BCUT2D eigenvalue weighted by atomic mass is 79.9. The number of benzene rings is 2. The maximum atomic E-state index is 13.1. The number of aromatic nitrogens is 4. The Balaban J connectivity index is 1.52. The predicted molar refractivity (Wildman–Crippen MR) is 135 cm³/mol. The Labute approximate surface area is 215 Å². The van der Waals surface area contributed by atoms with Crippen LogP contribution in [-0.4, -0.2) is 25.5 Å². The number of aryl methyl sites for hydroxylation is 2. The van der Waals surface area contributed by atoms with Crippen molar-refractivity contribution in [2.24, 2.45) is 0 Å². The second kappa shape index (κ2) is 9.93. The van der Waals surface area contributed by atoms with Crippen LogP contribution in [0.3, 0.4) is 0 Å². The largest absolute Gasteiger partial charge is 0.416 e. The Hall–Kier alpha value is -3.40. The van der Waals surface area contributed by atoms with E-state index in [4.69, 9.17) is 0 Å². The number of nitrogens with zero attached hydrogens (tertiary/aromatic N) is 4. The van der Waals surface area contributed by atoms with Crippen molar-refractivity contribution in [1.29, 1.82) is 0 Å². The standard InChI is InChI=1S/C26H25BrF3N5O/c1-15-23(27)17(3)34(32-15)13-19-7-5-9-21(11-19)25(36)31-24-16(2)33-35(18(24)4)14-20-8-6-10-22(12-20)26(28,29)30/h5-12H,13-14H2,1-4H3,(H,31,36). The van der Waals surface area contributed by atoms with Crippen LogP contribution in [-0.2, 0) is 19.3 Å². The monoisotopic (exact) mass is 559 g/mol. The Morgan fingerprint density at radius 1 is 0.889 bits per heavy atom. The molecule has 0 radical (unpaired) electrons. The molecule has 0 atom stereocenters. The average molecular weight is 560 g/mol. The second-order valence-electron chi connectivity index (χ2n) is 8.70. The lowest BCUT2D eigenvalue weighted by atomic mass is 10.1. The number of carbonyl (C=O) groups is 1. The average Bonchev–Trinajstić information content (AvgIpc) is 3.22. The Morgan fingerprint density at radius 2 is 1.47 bits per heavy atom. The van der Waals surface area contributed by atoms with Gasteiger partial charge in [0.1, 0.15) is 0 Å². The lowest BCUT2D eigenvalue weighted by molar-refractivity contribution is -0.137. The van der Waals surface area contributed by atoms with Gasteiger partial charge >= 0.3 is 6.18 Å². The summed E-state index contributed by atoms with van der Waals surface area (Å²) in [5.41, 5.74) is 4.85. The second-order valence-corrected chi connectivity index (χ2v) is 9.49. The number of alkyl halides is 3. The van der Waals surface area contributed by atoms with Crippen molar-refractivity contribution in [3.05, 3.63) is 98.0 Å². The van der Waals surface area contributed by atoms with Crippen LogP contribution in [0.5, 0.6) is 0 Å². The summed E-state index contributed by atoms with van der Waals surface area (Å²) in [5, 5.41) is 11.9. The number of rotatable bonds is 6. The molecule has 0 spiro atoms. The summed E-state index contributed by atoms with van der Waals surface area (Å²) in [6, 6.07) is 12.5. The van der Waals surface area contributed by atoms with Crippen molar-refractivity contribution in [2.75, 3.05) is 5.32 Å². The molecule has 36 heavy (non-hydrogen) atoms. The lowest BCUT2D eigenvalue weighted by Gasteiger charge is -2.11. The van der Waals surface area contributed by atoms with Gasteiger partial charge in [-0.15, -0.1) is 0 Å². The van der Waals surface area contributed by atoms with Crippen molar-refractivity contribution < 1.29 is 18.0 Å². The van der Waals surface area contributed by atoms with Crippen molar-refractivity contribution in [3.63, 3.8) is 0 Å². The zero-order valence-corrected chi connectivity index (χ0v) is 21.8. The Kier molecular flexibility index (Phi) is 7.08. The van der Waals surface area contributed by atoms with Crippen LogP contribution in [0.2, 0.25) is 0 Å². The first kappa shape index (κ1) is 25.7. The summed E-state index contributed by atoms with van der Waals surface area (Å²) in [4.78, 5) is 13.1. The summed E-state index contributed by atoms with van der Waals surface area (Å²) in [6.45, 7) is 8.10. The maximum absolute atomic E-state index is 13.1. The van der Waals surface area contributed by atoms with Gasteiger partial charge in [0.15, 0.2) is 0 Å². The van der Waals surface area contributed by atoms with Crippen LogP contribution in [0.4, 0.5) is 18.9 Å². The first-order valence-corrected chi connectivity index (χ1v) is 12.0. The maximum Gasteiger partial charge on any atom is 0.416 e. The van der Waals surface area contributed by atoms with Crippen LogP contribution < -0.4 is 5.32 Å². The molecule has 0 aliphatic heterocycles. The van der Waals surface area contributed by atoms with E-state index in [0.717, 1.165) is 33.6 Å². The van der Waals surface area contributed by atoms with Gasteiger partial charge in [-0.25, -0.2) is 0 Å². The van der Waals surface area contributed by atoms with Crippen molar-refractivity contribution in [2.45, 2.75) is 47.0 Å². The van der Waals surface area contributed by atoms with Crippen molar-refractivity contribution >= 4 is 27.5 Å². The highest BCUT2D eigenvalue weighted by molar-refractivity contribution is 9.10. The van der Waals surface area contributed by atoms with Gasteiger partial charge in [0.2, 0.25) is 0 Å². The number of halogens is 4. The van der Waals surface area contributed by atoms with Crippen LogP contribution in [0.1, 0.15) is 49.8 Å². The molecular weight excluding hydrogens is 535 g/mol. The molecule has 1 N–H and O–H groups in total. The number of hydrogen-bond acceptors (Lipinski definition) is 3. The predicted octanol–water partition coefficient (Wildman–Crippen LogP) is 6.44. The quantitative estimate of drug-likeness (QED) is 0.295. The summed E-state index contributed by atoms with van der Waals surface area (Å²) >= 11 is 3.53. The van der Waals surface area contributed by atoms with Crippen molar-refractivity contribution in [1.82, 2.24) is 19.6 Å². The molecular formula is C26H25BrF3N5O. The van der Waals surface area contributed by atoms with Gasteiger partial charge in [-0.1, -0.05) is 24.3 Å². The van der Waals surface area contributed by atoms with Gasteiger partial charge in [-0.2, -0.15) is 23.4 Å². The number of anilines is 1. The topological polar surface area (TPSA) is 64.7 Å². The third-order valence-corrected chi connectivity index (χ3v) is 7.17. The van der Waals surface area contributed by atoms with Crippen LogP contribution >= 0.6 is 15.9 Å². The van der Waals surface area contributed by atoms with E-state index in [9.17, 15) is 18.0 Å². The van der Waals surface area contributed by atoms with E-state index in [-0.39, 0.29) is 12.5 Å². The molecule has 2 aromatic heterocycles. The molecule has 188 valence electrons. The zero-order chi connectivity index (χ0) is 26.2. The first-order chi connectivity index (χ1) is 16.9. The molecule has 6 nitrogen and oxygen atoms in total. The molecule has 0 aliphatic rings. The van der Waals surface area contributed by atoms with Gasteiger partial charge in [0.05, 0.1) is 51.6 Å². The number of carbonyl (C=O) groups excluding carboxylic acids is 1. The van der Waals surface area contributed by atoms with Gasteiger partial charge in [0, 0.05) is 5.56 Å². The van der Waals surface area contributed by atoms with Crippen LogP contribution in [0.25, 0.3) is 0 Å². The summed E-state index contributed by atoms with van der Waals surface area (Å²) < 4.78 is 43.6. The minimum absolute atomic E-state index is 0.153.